The first kappa shape index (κ1) is 37.8. The summed E-state index contributed by atoms with van der Waals surface area (Å²) < 4.78 is 28.9. The van der Waals surface area contributed by atoms with E-state index in [1.807, 2.05) is 18.2 Å². The quantitative estimate of drug-likeness (QED) is 0.0648. The molecule has 7 nitrogen and oxygen atoms in total. The van der Waals surface area contributed by atoms with Crippen molar-refractivity contribution in [3.8, 4) is 11.5 Å². The molecule has 1 N–H and O–H groups in total. The number of allylic oxidation sites excluding steroid dienone is 3. The van der Waals surface area contributed by atoms with Crippen molar-refractivity contribution in [3.63, 3.8) is 0 Å². The molecule has 0 bridgehead atoms. The second-order valence-corrected chi connectivity index (χ2v) is 18.7. The second-order valence-electron chi connectivity index (χ2n) is 13.9. The van der Waals surface area contributed by atoms with Crippen molar-refractivity contribution >= 4 is 14.3 Å². The van der Waals surface area contributed by atoms with E-state index in [9.17, 15) is 9.90 Å². The molecule has 0 heterocycles. The van der Waals surface area contributed by atoms with Crippen LogP contribution in [0.1, 0.15) is 79.7 Å². The molecule has 0 fully saturated rings. The summed E-state index contributed by atoms with van der Waals surface area (Å²) in [6.07, 6.45) is 10.6. The third-order valence-corrected chi connectivity index (χ3v) is 13.9. The highest BCUT2D eigenvalue weighted by molar-refractivity contribution is 6.74. The van der Waals surface area contributed by atoms with Crippen LogP contribution in [0.5, 0.6) is 11.5 Å². The molecule has 3 atom stereocenters. The van der Waals surface area contributed by atoms with E-state index in [1.54, 1.807) is 27.2 Å². The molecule has 44 heavy (non-hydrogen) atoms. The van der Waals surface area contributed by atoms with Crippen molar-refractivity contribution in [1.82, 2.24) is 0 Å². The van der Waals surface area contributed by atoms with Gasteiger partial charge in [0.25, 0.3) is 0 Å². The summed E-state index contributed by atoms with van der Waals surface area (Å²) in [6, 6.07) is 5.68. The van der Waals surface area contributed by atoms with Crippen LogP contribution >= 0.6 is 0 Å². The van der Waals surface area contributed by atoms with Gasteiger partial charge in [0.1, 0.15) is 17.1 Å². The van der Waals surface area contributed by atoms with Gasteiger partial charge in [0.2, 0.25) is 0 Å². The zero-order valence-corrected chi connectivity index (χ0v) is 30.2. The fourth-order valence-corrected chi connectivity index (χ4v) is 6.51. The molecule has 1 aromatic carbocycles. The van der Waals surface area contributed by atoms with Gasteiger partial charge in [-0.3, -0.25) is 0 Å². The predicted molar refractivity (Wildman–Crippen MR) is 181 cm³/mol. The standard InChI is InChI=1S/C36H58O7Si/c1-12-42-33(37)18-22-36(38)29(26-43-44(10,11)34(4,5)6)17-21-35(7,20-13-14-27(2)3)32(36)19-23-41-25-28-15-16-30(39-8)24-31(28)40-9/h14-18,22,24,32,38H,12-13,19-21,23,25-26H2,1-11H3/b22-18+/t32-,35+,36-/m1/s1. The molecule has 0 amide bonds. The molecule has 0 radical (unpaired) electrons. The van der Waals surface area contributed by atoms with Crippen molar-refractivity contribution in [1.29, 1.82) is 0 Å². The zero-order chi connectivity index (χ0) is 33.2. The molecule has 0 unspecified atom stereocenters. The van der Waals surface area contributed by atoms with E-state index in [1.165, 1.54) is 11.6 Å². The van der Waals surface area contributed by atoms with Gasteiger partial charge in [0.05, 0.1) is 34.0 Å². The highest BCUT2D eigenvalue weighted by Crippen LogP contribution is 2.52. The van der Waals surface area contributed by atoms with Gasteiger partial charge in [0.15, 0.2) is 8.32 Å². The molecule has 1 aliphatic rings. The maximum atomic E-state index is 12.7. The number of carbonyl (C=O) groups is 1. The molecule has 1 aromatic rings. The maximum Gasteiger partial charge on any atom is 0.330 e. The number of rotatable bonds is 16. The van der Waals surface area contributed by atoms with E-state index in [2.05, 4.69) is 66.8 Å². The maximum absolute atomic E-state index is 12.7. The average Bonchev–Trinajstić information content (AvgIpc) is 2.94. The molecule has 248 valence electrons. The summed E-state index contributed by atoms with van der Waals surface area (Å²) in [5, 5.41) is 12.7. The first-order valence-corrected chi connectivity index (χ1v) is 18.8. The molecule has 1 aliphatic carbocycles. The number of aliphatic hydroxyl groups is 1. The van der Waals surface area contributed by atoms with E-state index < -0.39 is 19.9 Å². The van der Waals surface area contributed by atoms with Crippen molar-refractivity contribution in [2.45, 2.75) is 104 Å². The Labute approximate surface area is 267 Å². The molecule has 0 saturated heterocycles. The second kappa shape index (κ2) is 16.3. The Hall–Kier alpha value is -2.39. The fourth-order valence-electron chi connectivity index (χ4n) is 5.56. The summed E-state index contributed by atoms with van der Waals surface area (Å²) in [6.45, 7) is 20.7. The van der Waals surface area contributed by atoms with E-state index >= 15 is 0 Å². The van der Waals surface area contributed by atoms with Gasteiger partial charge < -0.3 is 28.5 Å². The Bertz CT molecular complexity index is 1180. The summed E-state index contributed by atoms with van der Waals surface area (Å²) in [4.78, 5) is 12.5. The molecule has 0 aromatic heterocycles. The minimum Gasteiger partial charge on any atom is -0.497 e. The normalized spacial score (nSPS) is 22.5. The van der Waals surface area contributed by atoms with E-state index in [0.717, 1.165) is 36.1 Å². The van der Waals surface area contributed by atoms with Crippen molar-refractivity contribution in [2.75, 3.05) is 34.0 Å². The van der Waals surface area contributed by atoms with Crippen LogP contribution in [0.25, 0.3) is 0 Å². The zero-order valence-electron chi connectivity index (χ0n) is 29.2. The van der Waals surface area contributed by atoms with Crippen LogP contribution in [0.3, 0.4) is 0 Å². The largest absolute Gasteiger partial charge is 0.497 e. The third kappa shape index (κ3) is 10.1. The minimum atomic E-state index is -2.11. The van der Waals surface area contributed by atoms with Crippen molar-refractivity contribution in [3.05, 3.63) is 59.2 Å². The summed E-state index contributed by atoms with van der Waals surface area (Å²) >= 11 is 0. The van der Waals surface area contributed by atoms with Gasteiger partial charge in [-0.2, -0.15) is 0 Å². The Balaban J connectivity index is 2.45. The third-order valence-electron chi connectivity index (χ3n) is 9.43. The van der Waals surface area contributed by atoms with Gasteiger partial charge in [-0.05, 0) is 93.8 Å². The van der Waals surface area contributed by atoms with Gasteiger partial charge in [-0.1, -0.05) is 45.4 Å². The van der Waals surface area contributed by atoms with Crippen LogP contribution in [-0.2, 0) is 25.3 Å². The number of hydrogen-bond donors (Lipinski definition) is 1. The summed E-state index contributed by atoms with van der Waals surface area (Å²) in [5.41, 5.74) is 1.33. The smallest absolute Gasteiger partial charge is 0.330 e. The highest BCUT2D eigenvalue weighted by atomic mass is 28.4. The highest BCUT2D eigenvalue weighted by Gasteiger charge is 2.51. The lowest BCUT2D eigenvalue weighted by Crippen LogP contribution is -2.52. The number of hydrogen-bond acceptors (Lipinski definition) is 7. The first-order chi connectivity index (χ1) is 20.5. The molecule has 2 rings (SSSR count). The summed E-state index contributed by atoms with van der Waals surface area (Å²) in [5.74, 6) is 0.726. The van der Waals surface area contributed by atoms with Crippen LogP contribution in [0.4, 0.5) is 0 Å². The van der Waals surface area contributed by atoms with E-state index in [4.69, 9.17) is 23.4 Å². The SMILES string of the molecule is CCOC(=O)/C=C/[C@@]1(O)C(CO[Si](C)(C)C(C)(C)C)=CC[C@](C)(CCC=C(C)C)[C@H]1CCOCc1ccc(OC)cc1OC. The molecule has 8 heteroatoms. The fraction of sp³-hybridized carbons (Fsp3) is 0.639. The minimum absolute atomic E-state index is 0.0235. The lowest BCUT2D eigenvalue weighted by atomic mass is 9.58. The number of ether oxygens (including phenoxy) is 4. The average molecular weight is 631 g/mol. The van der Waals surface area contributed by atoms with Crippen LogP contribution < -0.4 is 9.47 Å². The molecular formula is C36H58O7Si. The first-order valence-electron chi connectivity index (χ1n) is 15.9. The van der Waals surface area contributed by atoms with Gasteiger partial charge in [-0.15, -0.1) is 0 Å². The number of methoxy groups -OCH3 is 2. The topological polar surface area (TPSA) is 83.5 Å². The Morgan fingerprint density at radius 1 is 1.14 bits per heavy atom. The van der Waals surface area contributed by atoms with Gasteiger partial charge in [-0.25, -0.2) is 4.79 Å². The van der Waals surface area contributed by atoms with Crippen molar-refractivity contribution < 1.29 is 33.3 Å². The van der Waals surface area contributed by atoms with Crippen molar-refractivity contribution in [2.24, 2.45) is 11.3 Å². The lowest BCUT2D eigenvalue weighted by molar-refractivity contribution is -0.137. The number of benzene rings is 1. The Kier molecular flexibility index (Phi) is 14.0. The Morgan fingerprint density at radius 3 is 2.43 bits per heavy atom. The van der Waals surface area contributed by atoms with Crippen LogP contribution in [0.15, 0.2) is 53.6 Å². The van der Waals surface area contributed by atoms with Crippen LogP contribution in [-0.4, -0.2) is 59.0 Å². The summed E-state index contributed by atoms with van der Waals surface area (Å²) in [7, 11) is 1.15. The molecule has 0 spiro atoms. The molecular weight excluding hydrogens is 572 g/mol. The van der Waals surface area contributed by atoms with Gasteiger partial charge in [0, 0.05) is 30.2 Å². The van der Waals surface area contributed by atoms with Crippen LogP contribution in [0.2, 0.25) is 18.1 Å². The number of esters is 1. The monoisotopic (exact) mass is 630 g/mol. The molecule has 0 aliphatic heterocycles. The van der Waals surface area contributed by atoms with E-state index in [-0.39, 0.29) is 23.0 Å². The molecule has 0 saturated carbocycles. The predicted octanol–water partition coefficient (Wildman–Crippen LogP) is 8.18. The van der Waals surface area contributed by atoms with E-state index in [0.29, 0.717) is 32.0 Å². The lowest BCUT2D eigenvalue weighted by Gasteiger charge is -2.51. The number of carbonyl (C=O) groups excluding carboxylic acids is 1. The van der Waals surface area contributed by atoms with Gasteiger partial charge >= 0.3 is 5.97 Å². The Morgan fingerprint density at radius 2 is 1.84 bits per heavy atom. The van der Waals surface area contributed by atoms with Crippen LogP contribution in [0, 0.1) is 11.3 Å².